The average molecular weight is 205 g/mol. The molecule has 1 N–H and O–H groups in total. The van der Waals surface area contributed by atoms with Crippen molar-refractivity contribution in [2.45, 2.75) is 63.2 Å². The minimum absolute atomic E-state index is 0.649. The van der Waals surface area contributed by atoms with Gasteiger partial charge in [-0.25, -0.2) is 4.98 Å². The number of H-pyrrole nitrogens is 1. The van der Waals surface area contributed by atoms with Crippen molar-refractivity contribution >= 4 is 0 Å². The van der Waals surface area contributed by atoms with Crippen LogP contribution in [0.5, 0.6) is 0 Å². The molecule has 0 bridgehead atoms. The molecule has 3 nitrogen and oxygen atoms in total. The fourth-order valence-corrected chi connectivity index (χ4v) is 3.04. The largest absolute Gasteiger partial charge is 0.263 e. The van der Waals surface area contributed by atoms with Crippen molar-refractivity contribution < 1.29 is 0 Å². The van der Waals surface area contributed by atoms with Gasteiger partial charge >= 0.3 is 0 Å². The van der Waals surface area contributed by atoms with Gasteiger partial charge < -0.3 is 0 Å². The van der Waals surface area contributed by atoms with Gasteiger partial charge in [0, 0.05) is 11.8 Å². The van der Waals surface area contributed by atoms with Crippen LogP contribution in [-0.4, -0.2) is 15.2 Å². The average Bonchev–Trinajstić information content (AvgIpc) is 3.02. The molecule has 0 aliphatic heterocycles. The van der Waals surface area contributed by atoms with Crippen molar-refractivity contribution in [1.82, 2.24) is 15.2 Å². The predicted molar refractivity (Wildman–Crippen MR) is 58.8 cm³/mol. The molecule has 0 saturated heterocycles. The first kappa shape index (κ1) is 9.37. The third kappa shape index (κ3) is 1.80. The lowest BCUT2D eigenvalue weighted by Crippen LogP contribution is -1.97. The monoisotopic (exact) mass is 205 g/mol. The van der Waals surface area contributed by atoms with Crippen LogP contribution < -0.4 is 0 Å². The summed E-state index contributed by atoms with van der Waals surface area (Å²) in [4.78, 5) is 4.71. The van der Waals surface area contributed by atoms with E-state index in [0.29, 0.717) is 11.8 Å². The summed E-state index contributed by atoms with van der Waals surface area (Å²) in [5.41, 5.74) is 0. The molecular weight excluding hydrogens is 186 g/mol. The number of hydrogen-bond acceptors (Lipinski definition) is 2. The van der Waals surface area contributed by atoms with Gasteiger partial charge in [-0.1, -0.05) is 25.7 Å². The summed E-state index contributed by atoms with van der Waals surface area (Å²) in [6.07, 6.45) is 10.6. The highest BCUT2D eigenvalue weighted by Gasteiger charge is 2.24. The molecule has 3 rings (SSSR count). The van der Waals surface area contributed by atoms with Crippen LogP contribution in [0, 0.1) is 0 Å². The van der Waals surface area contributed by atoms with Crippen molar-refractivity contribution in [2.24, 2.45) is 0 Å². The van der Waals surface area contributed by atoms with Gasteiger partial charge in [-0.3, -0.25) is 5.10 Å². The van der Waals surface area contributed by atoms with Crippen LogP contribution in [0.1, 0.15) is 74.9 Å². The minimum Gasteiger partial charge on any atom is -0.263 e. The van der Waals surface area contributed by atoms with Gasteiger partial charge in [0.15, 0.2) is 5.82 Å². The molecular formula is C12H19N3. The third-order valence-corrected chi connectivity index (χ3v) is 3.98. The van der Waals surface area contributed by atoms with E-state index in [9.17, 15) is 0 Å². The molecule has 1 aromatic heterocycles. The molecule has 2 aliphatic rings. The lowest BCUT2D eigenvalue weighted by molar-refractivity contribution is 0.658. The summed E-state index contributed by atoms with van der Waals surface area (Å²) in [6, 6.07) is 0. The maximum absolute atomic E-state index is 4.71. The zero-order chi connectivity index (χ0) is 10.1. The van der Waals surface area contributed by atoms with Gasteiger partial charge in [-0.2, -0.15) is 5.10 Å². The Kier molecular flexibility index (Phi) is 2.47. The maximum atomic E-state index is 4.71. The highest BCUT2D eigenvalue weighted by Crippen LogP contribution is 2.35. The molecule has 0 unspecified atom stereocenters. The van der Waals surface area contributed by atoms with Gasteiger partial charge in [0.2, 0.25) is 0 Å². The summed E-state index contributed by atoms with van der Waals surface area (Å²) in [5.74, 6) is 3.58. The van der Waals surface area contributed by atoms with Gasteiger partial charge in [-0.15, -0.1) is 0 Å². The molecule has 0 amide bonds. The lowest BCUT2D eigenvalue weighted by Gasteiger charge is -2.03. The lowest BCUT2D eigenvalue weighted by atomic mass is 10.1. The highest BCUT2D eigenvalue weighted by atomic mass is 15.2. The highest BCUT2D eigenvalue weighted by molar-refractivity contribution is 5.04. The van der Waals surface area contributed by atoms with Crippen LogP contribution in [0.2, 0.25) is 0 Å². The summed E-state index contributed by atoms with van der Waals surface area (Å²) >= 11 is 0. The maximum Gasteiger partial charge on any atom is 0.153 e. The molecule has 82 valence electrons. The van der Waals surface area contributed by atoms with Crippen LogP contribution in [0.25, 0.3) is 0 Å². The van der Waals surface area contributed by atoms with E-state index in [-0.39, 0.29) is 0 Å². The molecule has 0 aromatic carbocycles. The standard InChI is InChI=1S/C12H19N3/c1-2-6-9(5-1)11-13-12(15-14-11)10-7-3-4-8-10/h9-10H,1-8H2,(H,13,14,15). The molecule has 0 spiro atoms. The Morgan fingerprint density at radius 3 is 2.13 bits per heavy atom. The Labute approximate surface area is 90.7 Å². The Bertz CT molecular complexity index is 289. The first-order valence-corrected chi connectivity index (χ1v) is 6.35. The van der Waals surface area contributed by atoms with Crippen LogP contribution in [0.4, 0.5) is 0 Å². The van der Waals surface area contributed by atoms with Crippen molar-refractivity contribution in [3.63, 3.8) is 0 Å². The summed E-state index contributed by atoms with van der Waals surface area (Å²) < 4.78 is 0. The van der Waals surface area contributed by atoms with Crippen LogP contribution in [-0.2, 0) is 0 Å². The Morgan fingerprint density at radius 1 is 0.867 bits per heavy atom. The molecule has 2 saturated carbocycles. The third-order valence-electron chi connectivity index (χ3n) is 3.98. The SMILES string of the molecule is C1CCC(c2n[nH]c(C3CCCC3)n2)C1. The summed E-state index contributed by atoms with van der Waals surface area (Å²) in [5, 5.41) is 7.57. The van der Waals surface area contributed by atoms with E-state index in [1.165, 1.54) is 51.4 Å². The molecule has 15 heavy (non-hydrogen) atoms. The second-order valence-electron chi connectivity index (χ2n) is 5.04. The number of hydrogen-bond donors (Lipinski definition) is 1. The molecule has 2 fully saturated rings. The minimum atomic E-state index is 0.649. The van der Waals surface area contributed by atoms with E-state index in [0.717, 1.165) is 11.6 Å². The Balaban J connectivity index is 1.74. The van der Waals surface area contributed by atoms with E-state index in [1.54, 1.807) is 0 Å². The molecule has 0 radical (unpaired) electrons. The normalized spacial score (nSPS) is 24.0. The zero-order valence-corrected chi connectivity index (χ0v) is 9.21. The Hall–Kier alpha value is -0.860. The van der Waals surface area contributed by atoms with E-state index in [4.69, 9.17) is 4.98 Å². The van der Waals surface area contributed by atoms with Gasteiger partial charge in [0.05, 0.1) is 0 Å². The zero-order valence-electron chi connectivity index (χ0n) is 9.21. The van der Waals surface area contributed by atoms with Gasteiger partial charge in [0.25, 0.3) is 0 Å². The smallest absolute Gasteiger partial charge is 0.153 e. The number of rotatable bonds is 2. The fraction of sp³-hybridized carbons (Fsp3) is 0.833. The number of aromatic amines is 1. The van der Waals surface area contributed by atoms with E-state index >= 15 is 0 Å². The first-order valence-electron chi connectivity index (χ1n) is 6.35. The molecule has 2 aliphatic carbocycles. The van der Waals surface area contributed by atoms with Gasteiger partial charge in [-0.05, 0) is 25.7 Å². The van der Waals surface area contributed by atoms with E-state index in [2.05, 4.69) is 10.2 Å². The quantitative estimate of drug-likeness (QED) is 0.806. The second-order valence-corrected chi connectivity index (χ2v) is 5.04. The van der Waals surface area contributed by atoms with Crippen molar-refractivity contribution in [1.29, 1.82) is 0 Å². The molecule has 1 aromatic rings. The van der Waals surface area contributed by atoms with Crippen molar-refractivity contribution in [3.8, 4) is 0 Å². The number of nitrogens with zero attached hydrogens (tertiary/aromatic N) is 2. The summed E-state index contributed by atoms with van der Waals surface area (Å²) in [6.45, 7) is 0. The number of nitrogens with one attached hydrogen (secondary N) is 1. The molecule has 0 atom stereocenters. The molecule has 3 heteroatoms. The topological polar surface area (TPSA) is 41.6 Å². The second kappa shape index (κ2) is 3.95. The summed E-state index contributed by atoms with van der Waals surface area (Å²) in [7, 11) is 0. The Morgan fingerprint density at radius 2 is 1.47 bits per heavy atom. The van der Waals surface area contributed by atoms with Crippen LogP contribution in [0.15, 0.2) is 0 Å². The first-order chi connectivity index (χ1) is 7.43. The molecule has 1 heterocycles. The predicted octanol–water partition coefficient (Wildman–Crippen LogP) is 3.12. The fourth-order valence-electron chi connectivity index (χ4n) is 3.04. The van der Waals surface area contributed by atoms with Crippen LogP contribution in [0.3, 0.4) is 0 Å². The van der Waals surface area contributed by atoms with Gasteiger partial charge in [0.1, 0.15) is 5.82 Å². The van der Waals surface area contributed by atoms with Crippen molar-refractivity contribution in [3.05, 3.63) is 11.6 Å². The number of aromatic nitrogens is 3. The van der Waals surface area contributed by atoms with Crippen LogP contribution >= 0.6 is 0 Å². The van der Waals surface area contributed by atoms with Crippen molar-refractivity contribution in [2.75, 3.05) is 0 Å². The van der Waals surface area contributed by atoms with E-state index < -0.39 is 0 Å². The van der Waals surface area contributed by atoms with E-state index in [1.807, 2.05) is 0 Å².